The van der Waals surface area contributed by atoms with Gasteiger partial charge in [0.1, 0.15) is 17.3 Å². The summed E-state index contributed by atoms with van der Waals surface area (Å²) in [7, 11) is -3.76. The van der Waals surface area contributed by atoms with E-state index in [2.05, 4.69) is 16.7 Å². The molecule has 0 amide bonds. The summed E-state index contributed by atoms with van der Waals surface area (Å²) in [6.07, 6.45) is 3.35. The number of nitrogens with one attached hydrogen (secondary N) is 1. The third-order valence-corrected chi connectivity index (χ3v) is 8.56. The van der Waals surface area contributed by atoms with Crippen LogP contribution in [-0.4, -0.2) is 55.3 Å². The Morgan fingerprint density at radius 1 is 1.08 bits per heavy atom. The topological polar surface area (TPSA) is 123 Å². The van der Waals surface area contributed by atoms with Gasteiger partial charge in [-0.15, -0.1) is 0 Å². The molecule has 5 rings (SSSR count). The molecule has 1 aliphatic carbocycles. The molecule has 3 N–H and O–H groups in total. The number of halogens is 2. The lowest BCUT2D eigenvalue weighted by Gasteiger charge is -2.35. The van der Waals surface area contributed by atoms with Gasteiger partial charge in [-0.3, -0.25) is 4.79 Å². The number of ether oxygens (including phenoxy) is 1. The summed E-state index contributed by atoms with van der Waals surface area (Å²) in [6.45, 7) is 3.36. The average Bonchev–Trinajstić information content (AvgIpc) is 3.63. The van der Waals surface area contributed by atoms with Crippen LogP contribution in [0.1, 0.15) is 25.3 Å². The minimum Gasteiger partial charge on any atom is -0.486 e. The van der Waals surface area contributed by atoms with Crippen molar-refractivity contribution in [3.8, 4) is 11.4 Å². The molecular formula is C26H30F2N6O4S. The fourth-order valence-electron chi connectivity index (χ4n) is 4.38. The first-order valence-corrected chi connectivity index (χ1v) is 14.0. The number of hydrogen-bond acceptors (Lipinski definition) is 7. The molecule has 2 aromatic carbocycles. The van der Waals surface area contributed by atoms with Crippen molar-refractivity contribution in [2.75, 3.05) is 43.4 Å². The second-order valence-corrected chi connectivity index (χ2v) is 12.0. The molecule has 2 heterocycles. The molecule has 2 aliphatic rings. The third-order valence-electron chi connectivity index (χ3n) is 7.00. The fraction of sp³-hybridized carbons (Fsp3) is 0.385. The second-order valence-electron chi connectivity index (χ2n) is 10.3. The molecule has 1 aromatic heterocycles. The van der Waals surface area contributed by atoms with Crippen LogP contribution in [0.25, 0.3) is 5.69 Å². The average molecular weight is 561 g/mol. The predicted octanol–water partition coefficient (Wildman–Crippen LogP) is 2.43. The highest BCUT2D eigenvalue weighted by molar-refractivity contribution is 7.87. The molecular weight excluding hydrogens is 530 g/mol. The van der Waals surface area contributed by atoms with E-state index in [0.29, 0.717) is 24.0 Å². The summed E-state index contributed by atoms with van der Waals surface area (Å²) in [6, 6.07) is 9.72. The van der Waals surface area contributed by atoms with E-state index in [9.17, 15) is 22.0 Å². The minimum atomic E-state index is -3.76. The van der Waals surface area contributed by atoms with Crippen molar-refractivity contribution in [3.63, 3.8) is 0 Å². The van der Waals surface area contributed by atoms with Crippen molar-refractivity contribution in [3.05, 3.63) is 76.2 Å². The van der Waals surface area contributed by atoms with Crippen LogP contribution in [0.2, 0.25) is 0 Å². The highest BCUT2D eigenvalue weighted by Gasteiger charge is 2.39. The van der Waals surface area contributed by atoms with E-state index >= 15 is 0 Å². The van der Waals surface area contributed by atoms with Crippen molar-refractivity contribution in [2.24, 2.45) is 5.41 Å². The fourth-order valence-corrected chi connectivity index (χ4v) is 5.55. The van der Waals surface area contributed by atoms with Crippen LogP contribution < -0.4 is 25.7 Å². The molecule has 2 fully saturated rings. The Kier molecular flexibility index (Phi) is 7.31. The van der Waals surface area contributed by atoms with Crippen molar-refractivity contribution in [1.29, 1.82) is 0 Å². The van der Waals surface area contributed by atoms with Gasteiger partial charge >= 0.3 is 5.56 Å². The normalized spacial score (nSPS) is 17.3. The SMILES string of the molecule is CC1(COc2c(N3CCN(S(=O)(=O)NCc4cccc(N)c4)CC3)cnn(-c3cc(F)cc(F)c3)c2=O)CC1. The van der Waals surface area contributed by atoms with Crippen LogP contribution >= 0.6 is 0 Å². The molecule has 39 heavy (non-hydrogen) atoms. The first kappa shape index (κ1) is 27.0. The summed E-state index contributed by atoms with van der Waals surface area (Å²) in [5.74, 6) is -1.66. The monoisotopic (exact) mass is 560 g/mol. The smallest absolute Gasteiger partial charge is 0.316 e. The van der Waals surface area contributed by atoms with Crippen molar-refractivity contribution in [1.82, 2.24) is 18.8 Å². The van der Waals surface area contributed by atoms with E-state index in [1.807, 2.05) is 4.90 Å². The molecule has 1 aliphatic heterocycles. The first-order valence-electron chi connectivity index (χ1n) is 12.6. The first-order chi connectivity index (χ1) is 18.5. The maximum atomic E-state index is 13.8. The van der Waals surface area contributed by atoms with E-state index in [1.165, 1.54) is 10.5 Å². The molecule has 0 bridgehead atoms. The summed E-state index contributed by atoms with van der Waals surface area (Å²) >= 11 is 0. The Labute approximate surface area is 225 Å². The molecule has 208 valence electrons. The number of nitrogens with zero attached hydrogens (tertiary/aromatic N) is 4. The number of anilines is 2. The lowest BCUT2D eigenvalue weighted by molar-refractivity contribution is 0.242. The van der Waals surface area contributed by atoms with Gasteiger partial charge < -0.3 is 15.4 Å². The lowest BCUT2D eigenvalue weighted by atomic mass is 10.2. The van der Waals surface area contributed by atoms with E-state index in [4.69, 9.17) is 10.5 Å². The molecule has 3 aromatic rings. The van der Waals surface area contributed by atoms with Crippen molar-refractivity contribution in [2.45, 2.75) is 26.3 Å². The molecule has 0 atom stereocenters. The van der Waals surface area contributed by atoms with Gasteiger partial charge in [-0.2, -0.15) is 27.2 Å². The number of rotatable bonds is 9. The predicted molar refractivity (Wildman–Crippen MR) is 143 cm³/mol. The van der Waals surface area contributed by atoms with Gasteiger partial charge in [0.2, 0.25) is 5.75 Å². The van der Waals surface area contributed by atoms with E-state index in [-0.39, 0.29) is 49.6 Å². The maximum absolute atomic E-state index is 13.8. The summed E-state index contributed by atoms with van der Waals surface area (Å²) < 4.78 is 64.3. The molecule has 0 spiro atoms. The second kappa shape index (κ2) is 10.5. The van der Waals surface area contributed by atoms with E-state index < -0.39 is 27.4 Å². The van der Waals surface area contributed by atoms with Crippen LogP contribution in [0.15, 0.2) is 53.5 Å². The molecule has 13 heteroatoms. The Bertz CT molecular complexity index is 1520. The zero-order chi connectivity index (χ0) is 27.8. The summed E-state index contributed by atoms with van der Waals surface area (Å²) in [5.41, 5.74) is 6.72. The molecule has 0 radical (unpaired) electrons. The standard InChI is InChI=1S/C26H30F2N6O4S/c1-26(5-6-26)17-38-24-23(16-30-34(25(24)35)22-13-19(27)12-20(28)14-22)32-7-9-33(10-8-32)39(36,37)31-15-18-3-2-4-21(29)11-18/h2-4,11-14,16,31H,5-10,15,17,29H2,1H3. The number of benzene rings is 2. The van der Waals surface area contributed by atoms with Gasteiger partial charge in [0.25, 0.3) is 10.2 Å². The Morgan fingerprint density at radius 3 is 2.41 bits per heavy atom. The Hall–Kier alpha value is -3.55. The molecule has 1 saturated carbocycles. The highest BCUT2D eigenvalue weighted by Crippen LogP contribution is 2.45. The van der Waals surface area contributed by atoms with Crippen molar-refractivity contribution < 1.29 is 21.9 Å². The number of hydrogen-bond donors (Lipinski definition) is 2. The van der Waals surface area contributed by atoms with Gasteiger partial charge in [0, 0.05) is 49.9 Å². The van der Waals surface area contributed by atoms with Crippen LogP contribution in [0, 0.1) is 17.0 Å². The number of aromatic nitrogens is 2. The van der Waals surface area contributed by atoms with Gasteiger partial charge in [0.15, 0.2) is 0 Å². The quantitative estimate of drug-likeness (QED) is 0.386. The number of nitrogens with two attached hydrogens (primary N) is 1. The zero-order valence-corrected chi connectivity index (χ0v) is 22.3. The molecule has 0 unspecified atom stereocenters. The van der Waals surface area contributed by atoms with Gasteiger partial charge in [-0.05, 0) is 42.7 Å². The highest BCUT2D eigenvalue weighted by atomic mass is 32.2. The summed E-state index contributed by atoms with van der Waals surface area (Å²) in [4.78, 5) is 15.3. The van der Waals surface area contributed by atoms with Crippen molar-refractivity contribution >= 4 is 21.6 Å². The maximum Gasteiger partial charge on any atom is 0.316 e. The Morgan fingerprint density at radius 2 is 1.77 bits per heavy atom. The van der Waals surface area contributed by atoms with Gasteiger partial charge in [-0.1, -0.05) is 19.1 Å². The molecule has 1 saturated heterocycles. The largest absolute Gasteiger partial charge is 0.486 e. The van der Waals surface area contributed by atoms with Crippen LogP contribution in [0.4, 0.5) is 20.2 Å². The third kappa shape index (κ3) is 6.21. The molecule has 10 nitrogen and oxygen atoms in total. The minimum absolute atomic E-state index is 0.0129. The number of nitrogen functional groups attached to an aromatic ring is 1. The van der Waals surface area contributed by atoms with Crippen LogP contribution in [-0.2, 0) is 16.8 Å². The van der Waals surface area contributed by atoms with Crippen LogP contribution in [0.3, 0.4) is 0 Å². The van der Waals surface area contributed by atoms with E-state index in [0.717, 1.165) is 35.2 Å². The number of piperazine rings is 1. The summed E-state index contributed by atoms with van der Waals surface area (Å²) in [5, 5.41) is 4.16. The van der Waals surface area contributed by atoms with Crippen LogP contribution in [0.5, 0.6) is 5.75 Å². The van der Waals surface area contributed by atoms with E-state index in [1.54, 1.807) is 24.3 Å². The van der Waals surface area contributed by atoms with Gasteiger partial charge in [-0.25, -0.2) is 8.78 Å². The zero-order valence-electron chi connectivity index (χ0n) is 21.4. The van der Waals surface area contributed by atoms with Gasteiger partial charge in [0.05, 0.1) is 18.5 Å². The lowest BCUT2D eigenvalue weighted by Crippen LogP contribution is -2.52. The Balaban J connectivity index is 1.34.